The van der Waals surface area contributed by atoms with Crippen molar-refractivity contribution in [2.24, 2.45) is 5.73 Å². The van der Waals surface area contributed by atoms with Crippen LogP contribution >= 0.6 is 0 Å². The zero-order valence-corrected chi connectivity index (χ0v) is 11.2. The molecule has 2 aromatic carbocycles. The second-order valence-corrected chi connectivity index (χ2v) is 5.26. The van der Waals surface area contributed by atoms with Crippen LogP contribution in [0.1, 0.15) is 28.3 Å². The summed E-state index contributed by atoms with van der Waals surface area (Å²) in [5.74, 6) is 1.02. The quantitative estimate of drug-likeness (QED) is 0.912. The van der Waals surface area contributed by atoms with E-state index in [-0.39, 0.29) is 6.04 Å². The van der Waals surface area contributed by atoms with Crippen molar-refractivity contribution in [2.45, 2.75) is 25.8 Å². The third-order valence-electron chi connectivity index (χ3n) is 3.72. The van der Waals surface area contributed by atoms with E-state index in [9.17, 15) is 0 Å². The summed E-state index contributed by atoms with van der Waals surface area (Å²) in [5.41, 5.74) is 11.4. The predicted molar refractivity (Wildman–Crippen MR) is 77.5 cm³/mol. The second-order valence-electron chi connectivity index (χ2n) is 5.26. The highest BCUT2D eigenvalue weighted by molar-refractivity contribution is 5.41. The third-order valence-corrected chi connectivity index (χ3v) is 3.72. The summed E-state index contributed by atoms with van der Waals surface area (Å²) in [4.78, 5) is 0. The lowest BCUT2D eigenvalue weighted by atomic mass is 9.97. The summed E-state index contributed by atoms with van der Waals surface area (Å²) in [5, 5.41) is 0. The van der Waals surface area contributed by atoms with Gasteiger partial charge in [-0.05, 0) is 36.1 Å². The Hall–Kier alpha value is -1.80. The Kier molecular flexibility index (Phi) is 3.26. The van der Waals surface area contributed by atoms with E-state index in [0.717, 1.165) is 25.2 Å². The van der Waals surface area contributed by atoms with Gasteiger partial charge in [-0.15, -0.1) is 0 Å². The minimum absolute atomic E-state index is 0.0496. The molecule has 2 heteroatoms. The van der Waals surface area contributed by atoms with Gasteiger partial charge in [-0.25, -0.2) is 0 Å². The van der Waals surface area contributed by atoms with Gasteiger partial charge < -0.3 is 10.5 Å². The maximum Gasteiger partial charge on any atom is 0.122 e. The largest absolute Gasteiger partial charge is 0.493 e. The normalized spacial score (nSPS) is 14.8. The van der Waals surface area contributed by atoms with Crippen molar-refractivity contribution >= 4 is 0 Å². The van der Waals surface area contributed by atoms with Crippen LogP contribution in [0.15, 0.2) is 42.5 Å². The van der Waals surface area contributed by atoms with E-state index in [1.54, 1.807) is 0 Å². The molecule has 2 N–H and O–H groups in total. The molecule has 0 fully saturated rings. The molecular weight excluding hydrogens is 234 g/mol. The average Bonchev–Trinajstić information content (AvgIpc) is 2.88. The van der Waals surface area contributed by atoms with Crippen LogP contribution in [0.3, 0.4) is 0 Å². The Morgan fingerprint density at radius 3 is 2.74 bits per heavy atom. The van der Waals surface area contributed by atoms with Gasteiger partial charge >= 0.3 is 0 Å². The number of aryl methyl sites for hydroxylation is 1. The molecule has 0 radical (unpaired) electrons. The fourth-order valence-corrected chi connectivity index (χ4v) is 2.53. The topological polar surface area (TPSA) is 35.2 Å². The van der Waals surface area contributed by atoms with Gasteiger partial charge in [-0.2, -0.15) is 0 Å². The number of fused-ring (bicyclic) bond motifs is 1. The first-order chi connectivity index (χ1) is 9.22. The molecule has 1 aliphatic rings. The third kappa shape index (κ3) is 2.64. The lowest BCUT2D eigenvalue weighted by Crippen LogP contribution is -2.13. The van der Waals surface area contributed by atoms with Crippen LogP contribution in [-0.4, -0.2) is 6.61 Å². The van der Waals surface area contributed by atoms with Crippen LogP contribution in [0.2, 0.25) is 0 Å². The van der Waals surface area contributed by atoms with E-state index in [1.165, 1.54) is 22.3 Å². The van der Waals surface area contributed by atoms with Crippen molar-refractivity contribution in [1.29, 1.82) is 0 Å². The van der Waals surface area contributed by atoms with Gasteiger partial charge in [-0.1, -0.05) is 42.0 Å². The molecule has 2 aromatic rings. The molecule has 0 aliphatic carbocycles. The van der Waals surface area contributed by atoms with Gasteiger partial charge in [0, 0.05) is 12.5 Å². The average molecular weight is 253 g/mol. The van der Waals surface area contributed by atoms with Crippen LogP contribution in [0.5, 0.6) is 5.75 Å². The highest BCUT2D eigenvalue weighted by Gasteiger charge is 2.15. The van der Waals surface area contributed by atoms with Crippen molar-refractivity contribution in [3.63, 3.8) is 0 Å². The van der Waals surface area contributed by atoms with E-state index in [4.69, 9.17) is 10.5 Å². The molecule has 3 rings (SSSR count). The summed E-state index contributed by atoms with van der Waals surface area (Å²) in [6.45, 7) is 2.90. The molecule has 0 amide bonds. The SMILES string of the molecule is Cc1ccc(CC(N)c2ccc3c(c2)CCO3)cc1. The number of hydrogen-bond donors (Lipinski definition) is 1. The molecule has 0 saturated carbocycles. The first kappa shape index (κ1) is 12.2. The molecule has 0 aromatic heterocycles. The molecule has 0 saturated heterocycles. The van der Waals surface area contributed by atoms with Gasteiger partial charge in [0.1, 0.15) is 5.75 Å². The van der Waals surface area contributed by atoms with Gasteiger partial charge in [0.05, 0.1) is 6.61 Å². The summed E-state index contributed by atoms with van der Waals surface area (Å²) in [6, 6.07) is 15.0. The molecular formula is C17H19NO. The minimum atomic E-state index is 0.0496. The molecule has 0 bridgehead atoms. The van der Waals surface area contributed by atoms with Crippen molar-refractivity contribution in [2.75, 3.05) is 6.61 Å². The van der Waals surface area contributed by atoms with E-state index in [0.29, 0.717) is 0 Å². The van der Waals surface area contributed by atoms with Crippen LogP contribution in [0.25, 0.3) is 0 Å². The van der Waals surface area contributed by atoms with E-state index in [1.807, 2.05) is 6.07 Å². The maximum atomic E-state index is 6.32. The van der Waals surface area contributed by atoms with Crippen molar-refractivity contribution in [3.05, 3.63) is 64.7 Å². The zero-order valence-electron chi connectivity index (χ0n) is 11.2. The number of benzene rings is 2. The lowest BCUT2D eigenvalue weighted by molar-refractivity contribution is 0.357. The van der Waals surface area contributed by atoms with Crippen LogP contribution in [0, 0.1) is 6.92 Å². The van der Waals surface area contributed by atoms with E-state index in [2.05, 4.69) is 43.3 Å². The maximum absolute atomic E-state index is 6.32. The number of ether oxygens (including phenoxy) is 1. The zero-order chi connectivity index (χ0) is 13.2. The van der Waals surface area contributed by atoms with Crippen molar-refractivity contribution in [1.82, 2.24) is 0 Å². The molecule has 98 valence electrons. The Bertz CT molecular complexity index is 574. The molecule has 1 aliphatic heterocycles. The van der Waals surface area contributed by atoms with Crippen LogP contribution < -0.4 is 10.5 Å². The Balaban J connectivity index is 1.76. The van der Waals surface area contributed by atoms with Crippen LogP contribution in [0.4, 0.5) is 0 Å². The molecule has 2 nitrogen and oxygen atoms in total. The van der Waals surface area contributed by atoms with Crippen LogP contribution in [-0.2, 0) is 12.8 Å². The first-order valence-corrected chi connectivity index (χ1v) is 6.79. The molecule has 1 heterocycles. The highest BCUT2D eigenvalue weighted by Crippen LogP contribution is 2.28. The van der Waals surface area contributed by atoms with Gasteiger partial charge in [0.15, 0.2) is 0 Å². The Labute approximate surface area is 114 Å². The molecule has 1 unspecified atom stereocenters. The summed E-state index contributed by atoms with van der Waals surface area (Å²) >= 11 is 0. The smallest absolute Gasteiger partial charge is 0.122 e. The number of rotatable bonds is 3. The van der Waals surface area contributed by atoms with E-state index < -0.39 is 0 Å². The second kappa shape index (κ2) is 5.06. The Morgan fingerprint density at radius 1 is 1.16 bits per heavy atom. The highest BCUT2D eigenvalue weighted by atomic mass is 16.5. The first-order valence-electron chi connectivity index (χ1n) is 6.79. The lowest BCUT2D eigenvalue weighted by Gasteiger charge is -2.13. The molecule has 1 atom stereocenters. The van der Waals surface area contributed by atoms with Crippen molar-refractivity contribution < 1.29 is 4.74 Å². The summed E-state index contributed by atoms with van der Waals surface area (Å²) < 4.78 is 5.52. The summed E-state index contributed by atoms with van der Waals surface area (Å²) in [6.07, 6.45) is 1.88. The van der Waals surface area contributed by atoms with E-state index >= 15 is 0 Å². The standard InChI is InChI=1S/C17H19NO/c1-12-2-4-13(5-3-12)10-16(18)14-6-7-17-15(11-14)8-9-19-17/h2-7,11,16H,8-10,18H2,1H3. The van der Waals surface area contributed by atoms with Gasteiger partial charge in [0.25, 0.3) is 0 Å². The predicted octanol–water partition coefficient (Wildman–Crippen LogP) is 3.17. The Morgan fingerprint density at radius 2 is 1.95 bits per heavy atom. The monoisotopic (exact) mass is 253 g/mol. The fraction of sp³-hybridized carbons (Fsp3) is 0.294. The summed E-state index contributed by atoms with van der Waals surface area (Å²) in [7, 11) is 0. The van der Waals surface area contributed by atoms with Gasteiger partial charge in [-0.3, -0.25) is 0 Å². The van der Waals surface area contributed by atoms with Gasteiger partial charge in [0.2, 0.25) is 0 Å². The molecule has 0 spiro atoms. The molecule has 19 heavy (non-hydrogen) atoms. The van der Waals surface area contributed by atoms with Crippen molar-refractivity contribution in [3.8, 4) is 5.75 Å². The number of hydrogen-bond acceptors (Lipinski definition) is 2. The fourth-order valence-electron chi connectivity index (χ4n) is 2.53. The minimum Gasteiger partial charge on any atom is -0.493 e. The number of nitrogens with two attached hydrogens (primary N) is 1.